The monoisotopic (exact) mass is 320 g/mol. The van der Waals surface area contributed by atoms with Crippen LogP contribution in [0.15, 0.2) is 60.2 Å². The van der Waals surface area contributed by atoms with Crippen molar-refractivity contribution >= 4 is 6.08 Å². The van der Waals surface area contributed by atoms with Gasteiger partial charge in [-0.05, 0) is 35.9 Å². The van der Waals surface area contributed by atoms with Crippen LogP contribution in [0.5, 0.6) is 0 Å². The molecule has 0 saturated heterocycles. The van der Waals surface area contributed by atoms with E-state index in [0.717, 1.165) is 18.2 Å². The molecule has 0 amide bonds. The van der Waals surface area contributed by atoms with Crippen molar-refractivity contribution in [2.75, 3.05) is 0 Å². The molecule has 0 aromatic heterocycles. The van der Waals surface area contributed by atoms with Gasteiger partial charge in [0.15, 0.2) is 6.10 Å². The molecule has 5 heteroatoms. The van der Waals surface area contributed by atoms with Gasteiger partial charge in [-0.15, -0.1) is 0 Å². The Kier molecular flexibility index (Phi) is 5.20. The van der Waals surface area contributed by atoms with Crippen LogP contribution in [-0.2, 0) is 0 Å². The first-order valence-electron chi connectivity index (χ1n) is 6.65. The quantitative estimate of drug-likeness (QED) is 0.650. The molecule has 1 atom stereocenters. The smallest absolute Gasteiger partial charge is 0.379 e. The van der Waals surface area contributed by atoms with E-state index in [1.165, 1.54) is 12.1 Å². The van der Waals surface area contributed by atoms with Crippen molar-refractivity contribution < 1.29 is 22.7 Å². The summed E-state index contributed by atoms with van der Waals surface area (Å²) in [6, 6.07) is 13.3. The van der Waals surface area contributed by atoms with Gasteiger partial charge in [-0.1, -0.05) is 42.2 Å². The van der Waals surface area contributed by atoms with Gasteiger partial charge in [0.2, 0.25) is 0 Å². The van der Waals surface area contributed by atoms with Crippen LogP contribution in [0.4, 0.5) is 17.6 Å². The van der Waals surface area contributed by atoms with Crippen molar-refractivity contribution in [2.24, 2.45) is 0 Å². The van der Waals surface area contributed by atoms with E-state index in [-0.39, 0.29) is 0 Å². The zero-order valence-electron chi connectivity index (χ0n) is 11.8. The van der Waals surface area contributed by atoms with E-state index in [2.05, 4.69) is 11.8 Å². The topological polar surface area (TPSA) is 20.2 Å². The van der Waals surface area contributed by atoms with Crippen LogP contribution in [-0.4, -0.2) is 17.4 Å². The molecule has 0 spiro atoms. The predicted molar refractivity (Wildman–Crippen MR) is 79.8 cm³/mol. The van der Waals surface area contributed by atoms with E-state index in [1.54, 1.807) is 30.3 Å². The second-order valence-corrected chi connectivity index (χ2v) is 4.71. The number of hydrogen-bond donors (Lipinski definition) is 1. The third-order valence-corrected chi connectivity index (χ3v) is 2.92. The average Bonchev–Trinajstić information content (AvgIpc) is 2.52. The van der Waals surface area contributed by atoms with Gasteiger partial charge in [-0.25, -0.2) is 4.39 Å². The number of alkyl halides is 3. The highest BCUT2D eigenvalue weighted by molar-refractivity contribution is 5.60. The lowest BCUT2D eigenvalue weighted by Gasteiger charge is -2.14. The zero-order valence-corrected chi connectivity index (χ0v) is 11.8. The Morgan fingerprint density at radius 2 is 1.61 bits per heavy atom. The number of aliphatic hydroxyl groups is 1. The molecule has 1 unspecified atom stereocenters. The van der Waals surface area contributed by atoms with Crippen LogP contribution < -0.4 is 0 Å². The Hall–Kier alpha value is -2.58. The van der Waals surface area contributed by atoms with E-state index in [9.17, 15) is 22.7 Å². The molecule has 0 saturated carbocycles. The molecular weight excluding hydrogens is 308 g/mol. The maximum Gasteiger partial charge on any atom is 0.419 e. The molecular formula is C18H12F4O. The molecule has 1 nitrogen and oxygen atoms in total. The molecule has 2 aromatic rings. The van der Waals surface area contributed by atoms with Gasteiger partial charge in [0.1, 0.15) is 5.82 Å². The van der Waals surface area contributed by atoms with Crippen molar-refractivity contribution in [2.45, 2.75) is 12.3 Å². The first-order chi connectivity index (χ1) is 10.9. The number of aliphatic hydroxyl groups excluding tert-OH is 1. The van der Waals surface area contributed by atoms with Crippen molar-refractivity contribution in [1.82, 2.24) is 0 Å². The Morgan fingerprint density at radius 3 is 2.17 bits per heavy atom. The molecule has 23 heavy (non-hydrogen) atoms. The molecule has 1 N–H and O–H groups in total. The van der Waals surface area contributed by atoms with Crippen LogP contribution in [0, 0.1) is 17.7 Å². The summed E-state index contributed by atoms with van der Waals surface area (Å²) in [4.78, 5) is 0. The summed E-state index contributed by atoms with van der Waals surface area (Å²) < 4.78 is 51.2. The van der Waals surface area contributed by atoms with Crippen molar-refractivity contribution in [3.05, 3.63) is 77.1 Å². The minimum atomic E-state index is -4.84. The predicted octanol–water partition coefficient (Wildman–Crippen LogP) is 4.18. The van der Waals surface area contributed by atoms with Crippen molar-refractivity contribution in [3.63, 3.8) is 0 Å². The molecule has 0 heterocycles. The van der Waals surface area contributed by atoms with Crippen molar-refractivity contribution in [3.8, 4) is 11.8 Å². The van der Waals surface area contributed by atoms with Gasteiger partial charge in [-0.3, -0.25) is 0 Å². The van der Waals surface area contributed by atoms with Gasteiger partial charge in [0, 0.05) is 11.1 Å². The lowest BCUT2D eigenvalue weighted by atomic mass is 10.0. The fourth-order valence-electron chi connectivity index (χ4n) is 1.76. The highest BCUT2D eigenvalue weighted by atomic mass is 19.4. The van der Waals surface area contributed by atoms with Crippen LogP contribution in [0.25, 0.3) is 6.08 Å². The third-order valence-electron chi connectivity index (χ3n) is 2.92. The minimum absolute atomic E-state index is 0.312. The van der Waals surface area contributed by atoms with Crippen LogP contribution in [0.1, 0.15) is 11.1 Å². The van der Waals surface area contributed by atoms with Gasteiger partial charge >= 0.3 is 6.18 Å². The summed E-state index contributed by atoms with van der Waals surface area (Å²) in [5, 5.41) is 9.47. The Balaban J connectivity index is 2.40. The van der Waals surface area contributed by atoms with Crippen LogP contribution in [0.3, 0.4) is 0 Å². The molecule has 2 aromatic carbocycles. The highest BCUT2D eigenvalue weighted by Crippen LogP contribution is 2.26. The number of benzene rings is 2. The lowest BCUT2D eigenvalue weighted by Crippen LogP contribution is -2.29. The molecule has 0 radical (unpaired) electrons. The fourth-order valence-corrected chi connectivity index (χ4v) is 1.76. The summed E-state index contributed by atoms with van der Waals surface area (Å²) in [7, 11) is 0. The van der Waals surface area contributed by atoms with Crippen molar-refractivity contribution in [1.29, 1.82) is 0 Å². The summed E-state index contributed by atoms with van der Waals surface area (Å²) in [5.41, 5.74) is 0.326. The number of hydrogen-bond acceptors (Lipinski definition) is 1. The molecule has 2 rings (SSSR count). The minimum Gasteiger partial charge on any atom is -0.379 e. The fraction of sp³-hybridized carbons (Fsp3) is 0.111. The Labute approximate surface area is 130 Å². The molecule has 0 aliphatic heterocycles. The number of halogens is 4. The summed E-state index contributed by atoms with van der Waals surface area (Å²) >= 11 is 0. The molecule has 0 aliphatic carbocycles. The van der Waals surface area contributed by atoms with E-state index >= 15 is 0 Å². The largest absolute Gasteiger partial charge is 0.419 e. The number of rotatable bonds is 2. The zero-order chi connectivity index (χ0) is 16.9. The first kappa shape index (κ1) is 16.8. The maximum atomic E-state index is 12.9. The first-order valence-corrected chi connectivity index (χ1v) is 6.65. The SMILES string of the molecule is OC(/C(C#Cc1ccccc1)=C/c1ccc(F)cc1)C(F)(F)F. The van der Waals surface area contributed by atoms with Gasteiger partial charge < -0.3 is 5.11 Å². The molecule has 0 aliphatic rings. The summed E-state index contributed by atoms with van der Waals surface area (Å²) in [6.45, 7) is 0. The van der Waals surface area contributed by atoms with Crippen LogP contribution >= 0.6 is 0 Å². The van der Waals surface area contributed by atoms with E-state index in [0.29, 0.717) is 11.1 Å². The lowest BCUT2D eigenvalue weighted by molar-refractivity contribution is -0.189. The second-order valence-electron chi connectivity index (χ2n) is 4.71. The van der Waals surface area contributed by atoms with E-state index in [1.807, 2.05) is 0 Å². The summed E-state index contributed by atoms with van der Waals surface area (Å²) in [6.07, 6.45) is -6.45. The Bertz CT molecular complexity index is 735. The van der Waals surface area contributed by atoms with E-state index < -0.39 is 23.7 Å². The second kappa shape index (κ2) is 7.12. The van der Waals surface area contributed by atoms with E-state index in [4.69, 9.17) is 0 Å². The van der Waals surface area contributed by atoms with Gasteiger partial charge in [-0.2, -0.15) is 13.2 Å². The average molecular weight is 320 g/mol. The van der Waals surface area contributed by atoms with Crippen LogP contribution in [0.2, 0.25) is 0 Å². The summed E-state index contributed by atoms with van der Waals surface area (Å²) in [5.74, 6) is 4.43. The third kappa shape index (κ3) is 4.97. The highest BCUT2D eigenvalue weighted by Gasteiger charge is 2.40. The molecule has 0 fully saturated rings. The van der Waals surface area contributed by atoms with Gasteiger partial charge in [0.05, 0.1) is 0 Å². The molecule has 0 bridgehead atoms. The molecule has 118 valence electrons. The Morgan fingerprint density at radius 1 is 1.00 bits per heavy atom. The van der Waals surface area contributed by atoms with Gasteiger partial charge in [0.25, 0.3) is 0 Å². The normalized spacial score (nSPS) is 13.2. The maximum absolute atomic E-state index is 12.9. The standard InChI is InChI=1S/C18H12F4O/c19-16-10-7-14(8-11-16)12-15(17(23)18(20,21)22)9-6-13-4-2-1-3-5-13/h1-5,7-8,10-12,17,23H/b15-12+.